The number of benzene rings is 3. The van der Waals surface area contributed by atoms with Crippen LogP contribution in [0.3, 0.4) is 0 Å². The monoisotopic (exact) mass is 326 g/mol. The third-order valence-corrected chi connectivity index (χ3v) is 3.47. The summed E-state index contributed by atoms with van der Waals surface area (Å²) in [6.45, 7) is 0. The first-order chi connectivity index (χ1) is 10.7. The molecule has 3 aromatic carbocycles. The van der Waals surface area contributed by atoms with Crippen LogP contribution in [0.1, 0.15) is 0 Å². The third kappa shape index (κ3) is 4.00. The molecule has 0 N–H and O–H groups in total. The van der Waals surface area contributed by atoms with Gasteiger partial charge in [0.15, 0.2) is 0 Å². The lowest BCUT2D eigenvalue weighted by Gasteiger charge is -2.09. The molecule has 0 aliphatic carbocycles. The summed E-state index contributed by atoms with van der Waals surface area (Å²) >= 11 is 8.61. The summed E-state index contributed by atoms with van der Waals surface area (Å²) in [7, 11) is 0. The van der Waals surface area contributed by atoms with Crippen LogP contribution < -0.4 is 9.47 Å². The smallest absolute Gasteiger partial charge is 0.131 e. The molecule has 0 unspecified atom stereocenters. The van der Waals surface area contributed by atoms with Crippen LogP contribution in [0.4, 0.5) is 0 Å². The summed E-state index contributed by atoms with van der Waals surface area (Å²) in [5.41, 5.74) is 0. The van der Waals surface area contributed by atoms with E-state index >= 15 is 0 Å². The predicted octanol–water partition coefficient (Wildman–Crippen LogP) is 5.85. The molecule has 0 atom stereocenters. The van der Waals surface area contributed by atoms with E-state index in [-0.39, 0.29) is 0 Å². The Labute approximate surface area is 140 Å². The first-order valence-corrected chi connectivity index (χ1v) is 7.62. The van der Waals surface area contributed by atoms with Gasteiger partial charge in [0.1, 0.15) is 23.0 Å². The zero-order valence-electron chi connectivity index (χ0n) is 11.6. The van der Waals surface area contributed by atoms with Gasteiger partial charge in [-0.25, -0.2) is 0 Å². The number of hydrogen-bond acceptors (Lipinski definition) is 4. The van der Waals surface area contributed by atoms with Crippen molar-refractivity contribution in [1.82, 2.24) is 0 Å². The minimum Gasteiger partial charge on any atom is -0.457 e. The highest BCUT2D eigenvalue weighted by molar-refractivity contribution is 7.80. The molecule has 0 heterocycles. The van der Waals surface area contributed by atoms with E-state index in [0.717, 1.165) is 21.3 Å². The average Bonchev–Trinajstić information content (AvgIpc) is 2.47. The minimum absolute atomic E-state index is 0.707. The third-order valence-electron chi connectivity index (χ3n) is 2.91. The predicted molar refractivity (Wildman–Crippen MR) is 94.0 cm³/mol. The Balaban J connectivity index is 1.78. The van der Waals surface area contributed by atoms with Crippen molar-refractivity contribution >= 4 is 25.3 Å². The van der Waals surface area contributed by atoms with E-state index in [2.05, 4.69) is 25.3 Å². The molecule has 2 nitrogen and oxygen atoms in total. The molecule has 0 aromatic heterocycles. The second kappa shape index (κ2) is 6.81. The number of hydrogen-bond donors (Lipinski definition) is 2. The summed E-state index contributed by atoms with van der Waals surface area (Å²) in [5, 5.41) is 0. The summed E-state index contributed by atoms with van der Waals surface area (Å²) < 4.78 is 11.6. The molecule has 4 heteroatoms. The standard InChI is InChI=1S/C18H14O2S2/c21-17-8-2-6-15(11-17)19-13-4-1-5-14(10-13)20-16-7-3-9-18(22)12-16/h1-12,21-22H. The summed E-state index contributed by atoms with van der Waals surface area (Å²) in [4.78, 5) is 1.71. The first kappa shape index (κ1) is 14.9. The van der Waals surface area contributed by atoms with Gasteiger partial charge in [0, 0.05) is 15.9 Å². The number of rotatable bonds is 4. The van der Waals surface area contributed by atoms with Gasteiger partial charge in [-0.15, -0.1) is 25.3 Å². The Hall–Kier alpha value is -2.04. The van der Waals surface area contributed by atoms with Gasteiger partial charge < -0.3 is 9.47 Å². The van der Waals surface area contributed by atoms with Crippen LogP contribution in [-0.2, 0) is 0 Å². The van der Waals surface area contributed by atoms with E-state index in [1.165, 1.54) is 0 Å². The van der Waals surface area contributed by atoms with Crippen molar-refractivity contribution in [2.45, 2.75) is 9.79 Å². The topological polar surface area (TPSA) is 18.5 Å². The van der Waals surface area contributed by atoms with Gasteiger partial charge in [-0.05, 0) is 48.5 Å². The van der Waals surface area contributed by atoms with Crippen molar-refractivity contribution in [3.05, 3.63) is 72.8 Å². The van der Waals surface area contributed by atoms with Gasteiger partial charge in [0.05, 0.1) is 0 Å². The summed E-state index contributed by atoms with van der Waals surface area (Å²) in [6, 6.07) is 22.6. The van der Waals surface area contributed by atoms with Crippen LogP contribution >= 0.6 is 25.3 Å². The lowest BCUT2D eigenvalue weighted by Crippen LogP contribution is -1.87. The SMILES string of the molecule is Sc1cccc(Oc2cccc(Oc3cccc(S)c3)c2)c1. The maximum absolute atomic E-state index is 5.82. The Morgan fingerprint density at radius 3 is 1.27 bits per heavy atom. The molecule has 3 rings (SSSR count). The maximum Gasteiger partial charge on any atom is 0.131 e. The highest BCUT2D eigenvalue weighted by atomic mass is 32.1. The largest absolute Gasteiger partial charge is 0.457 e. The molecule has 3 aromatic rings. The molecule has 0 saturated carbocycles. The van der Waals surface area contributed by atoms with Crippen molar-refractivity contribution < 1.29 is 9.47 Å². The molecule has 110 valence electrons. The summed E-state index contributed by atoms with van der Waals surface area (Å²) in [5.74, 6) is 2.89. The zero-order valence-corrected chi connectivity index (χ0v) is 13.4. The Bertz CT molecular complexity index is 725. The molecule has 0 aliphatic rings. The highest BCUT2D eigenvalue weighted by Crippen LogP contribution is 2.29. The van der Waals surface area contributed by atoms with Gasteiger partial charge in [-0.3, -0.25) is 0 Å². The summed E-state index contributed by atoms with van der Waals surface area (Å²) in [6.07, 6.45) is 0. The van der Waals surface area contributed by atoms with Gasteiger partial charge in [0.25, 0.3) is 0 Å². The Kier molecular flexibility index (Phi) is 4.61. The van der Waals surface area contributed by atoms with E-state index in [0.29, 0.717) is 11.5 Å². The van der Waals surface area contributed by atoms with Crippen molar-refractivity contribution in [2.24, 2.45) is 0 Å². The van der Waals surface area contributed by atoms with Crippen LogP contribution in [0.15, 0.2) is 82.6 Å². The molecule has 22 heavy (non-hydrogen) atoms. The second-order valence-corrected chi connectivity index (χ2v) is 5.71. The zero-order chi connectivity index (χ0) is 15.4. The van der Waals surface area contributed by atoms with Gasteiger partial charge >= 0.3 is 0 Å². The van der Waals surface area contributed by atoms with Crippen molar-refractivity contribution in [2.75, 3.05) is 0 Å². The number of thiol groups is 2. The lowest BCUT2D eigenvalue weighted by molar-refractivity contribution is 0.459. The van der Waals surface area contributed by atoms with Gasteiger partial charge in [-0.2, -0.15) is 0 Å². The van der Waals surface area contributed by atoms with Crippen LogP contribution in [0.2, 0.25) is 0 Å². The molecule has 0 bridgehead atoms. The van der Waals surface area contributed by atoms with Crippen molar-refractivity contribution in [1.29, 1.82) is 0 Å². The van der Waals surface area contributed by atoms with Gasteiger partial charge in [0.2, 0.25) is 0 Å². The van der Waals surface area contributed by atoms with E-state index in [1.54, 1.807) is 0 Å². The fourth-order valence-electron chi connectivity index (χ4n) is 1.97. The molecular weight excluding hydrogens is 312 g/mol. The second-order valence-electron chi connectivity index (χ2n) is 4.67. The first-order valence-electron chi connectivity index (χ1n) is 6.73. The quantitative estimate of drug-likeness (QED) is 0.586. The Morgan fingerprint density at radius 2 is 0.864 bits per heavy atom. The van der Waals surface area contributed by atoms with Crippen molar-refractivity contribution in [3.8, 4) is 23.0 Å². The van der Waals surface area contributed by atoms with E-state index in [9.17, 15) is 0 Å². The minimum atomic E-state index is 0.707. The average molecular weight is 326 g/mol. The molecule has 0 fully saturated rings. The van der Waals surface area contributed by atoms with Crippen LogP contribution in [0, 0.1) is 0 Å². The lowest BCUT2D eigenvalue weighted by atomic mass is 10.3. The van der Waals surface area contributed by atoms with E-state index < -0.39 is 0 Å². The fourth-order valence-corrected chi connectivity index (χ4v) is 2.39. The molecule has 0 aliphatic heterocycles. The molecule has 0 radical (unpaired) electrons. The van der Waals surface area contributed by atoms with Crippen LogP contribution in [0.5, 0.6) is 23.0 Å². The van der Waals surface area contributed by atoms with Crippen molar-refractivity contribution in [3.63, 3.8) is 0 Å². The number of ether oxygens (including phenoxy) is 2. The van der Waals surface area contributed by atoms with Gasteiger partial charge in [-0.1, -0.05) is 18.2 Å². The van der Waals surface area contributed by atoms with E-state index in [4.69, 9.17) is 9.47 Å². The molecular formula is C18H14O2S2. The van der Waals surface area contributed by atoms with Crippen LogP contribution in [0.25, 0.3) is 0 Å². The highest BCUT2D eigenvalue weighted by Gasteiger charge is 2.02. The normalized spacial score (nSPS) is 10.3. The Morgan fingerprint density at radius 1 is 0.500 bits per heavy atom. The maximum atomic E-state index is 5.82. The van der Waals surface area contributed by atoms with E-state index in [1.807, 2.05) is 72.8 Å². The molecule has 0 saturated heterocycles. The fraction of sp³-hybridized carbons (Fsp3) is 0. The molecule has 0 amide bonds. The molecule has 0 spiro atoms. The van der Waals surface area contributed by atoms with Crippen LogP contribution in [-0.4, -0.2) is 0 Å².